The highest BCUT2D eigenvalue weighted by Gasteiger charge is 2.42. The highest BCUT2D eigenvalue weighted by Crippen LogP contribution is 2.28. The van der Waals surface area contributed by atoms with Crippen LogP contribution in [0.4, 0.5) is 13.2 Å². The Kier molecular flexibility index (Phi) is 15.5. The molecule has 3 aromatic rings. The lowest BCUT2D eigenvalue weighted by atomic mass is 10.1. The van der Waals surface area contributed by atoms with E-state index in [2.05, 4.69) is 16.9 Å². The van der Waals surface area contributed by atoms with Gasteiger partial charge in [-0.25, -0.2) is 19.6 Å². The van der Waals surface area contributed by atoms with Crippen molar-refractivity contribution < 1.29 is 37.0 Å². The number of rotatable bonds is 20. The summed E-state index contributed by atoms with van der Waals surface area (Å²) in [6.45, 7) is 4.86. The molecule has 0 fully saturated rings. The number of hydrogen-bond donors (Lipinski definition) is 0. The van der Waals surface area contributed by atoms with E-state index in [4.69, 9.17) is 14.2 Å². The van der Waals surface area contributed by atoms with E-state index in [9.17, 15) is 22.8 Å². The number of benzene rings is 2. The maximum atomic E-state index is 13.4. The van der Waals surface area contributed by atoms with E-state index in [1.54, 1.807) is 0 Å². The summed E-state index contributed by atoms with van der Waals surface area (Å²) in [4.78, 5) is 33.5. The van der Waals surface area contributed by atoms with Gasteiger partial charge in [-0.05, 0) is 67.8 Å². The predicted octanol–water partition coefficient (Wildman–Crippen LogP) is 9.94. The third-order valence-electron chi connectivity index (χ3n) is 7.50. The summed E-state index contributed by atoms with van der Waals surface area (Å²) < 4.78 is 56.0. The van der Waals surface area contributed by atoms with Gasteiger partial charge in [0.1, 0.15) is 11.5 Å². The summed E-state index contributed by atoms with van der Waals surface area (Å²) in [7, 11) is 0. The van der Waals surface area contributed by atoms with E-state index >= 15 is 0 Å². The Morgan fingerprint density at radius 3 is 1.80 bits per heavy atom. The maximum absolute atomic E-state index is 13.4. The van der Waals surface area contributed by atoms with E-state index < -0.39 is 24.2 Å². The Balaban J connectivity index is 1.45. The second-order valence-electron chi connectivity index (χ2n) is 11.3. The number of halogens is 3. The van der Waals surface area contributed by atoms with Crippen molar-refractivity contribution in [3.05, 3.63) is 72.1 Å². The molecule has 0 aliphatic rings. The standard InChI is InChI=1S/C36H45F3N2O5/c1-3-5-7-9-10-11-12-14-24-44-30-20-16-27(17-21-30)33-40-25-29(26-41-33)35(43)45-31-22-18-28(19-23-31)34(42)46-32(36(37,38)39)15-13-8-6-4-2/h16-23,25-26,32H,3-15,24H2,1-2H3. The molecular weight excluding hydrogens is 597 g/mol. The van der Waals surface area contributed by atoms with Gasteiger partial charge in [-0.2, -0.15) is 13.2 Å². The molecular formula is C36H45F3N2O5. The lowest BCUT2D eigenvalue weighted by Crippen LogP contribution is -2.33. The van der Waals surface area contributed by atoms with Crippen LogP contribution in [-0.4, -0.2) is 40.8 Å². The van der Waals surface area contributed by atoms with Crippen molar-refractivity contribution in [3.63, 3.8) is 0 Å². The molecule has 0 aliphatic carbocycles. The molecule has 0 spiro atoms. The lowest BCUT2D eigenvalue weighted by molar-refractivity contribution is -0.206. The zero-order valence-electron chi connectivity index (χ0n) is 26.8. The van der Waals surface area contributed by atoms with Crippen LogP contribution in [0.1, 0.15) is 118 Å². The number of esters is 2. The van der Waals surface area contributed by atoms with Gasteiger partial charge in [0.15, 0.2) is 11.9 Å². The predicted molar refractivity (Wildman–Crippen MR) is 171 cm³/mol. The second kappa shape index (κ2) is 19.5. The topological polar surface area (TPSA) is 87.6 Å². The number of aromatic nitrogens is 2. The number of carbonyl (C=O) groups excluding carboxylic acids is 2. The fraction of sp³-hybridized carbons (Fsp3) is 0.500. The highest BCUT2D eigenvalue weighted by molar-refractivity contribution is 5.91. The Morgan fingerprint density at radius 2 is 1.22 bits per heavy atom. The zero-order valence-corrected chi connectivity index (χ0v) is 26.8. The Morgan fingerprint density at radius 1 is 0.674 bits per heavy atom. The van der Waals surface area contributed by atoms with Crippen molar-refractivity contribution >= 4 is 11.9 Å². The molecule has 0 aliphatic heterocycles. The van der Waals surface area contributed by atoms with Gasteiger partial charge in [-0.1, -0.05) is 78.1 Å². The summed E-state index contributed by atoms with van der Waals surface area (Å²) in [5.41, 5.74) is 0.782. The Hall–Kier alpha value is -3.95. The molecule has 2 aromatic carbocycles. The average Bonchev–Trinajstić information content (AvgIpc) is 3.05. The first-order chi connectivity index (χ1) is 22.2. The molecule has 1 unspecified atom stereocenters. The molecule has 7 nitrogen and oxygen atoms in total. The van der Waals surface area contributed by atoms with Crippen molar-refractivity contribution in [1.82, 2.24) is 9.97 Å². The van der Waals surface area contributed by atoms with Gasteiger partial charge in [-0.3, -0.25) is 0 Å². The van der Waals surface area contributed by atoms with Crippen LogP contribution >= 0.6 is 0 Å². The van der Waals surface area contributed by atoms with Crippen LogP contribution in [0.2, 0.25) is 0 Å². The normalized spacial score (nSPS) is 12.0. The fourth-order valence-electron chi connectivity index (χ4n) is 4.78. The SMILES string of the molecule is CCCCCCCCCCOc1ccc(-c2ncc(C(=O)Oc3ccc(C(=O)OC(CCCCCC)C(F)(F)F)cc3)cn2)cc1. The maximum Gasteiger partial charge on any atom is 0.425 e. The molecule has 0 amide bonds. The number of ether oxygens (including phenoxy) is 3. The van der Waals surface area contributed by atoms with Crippen LogP contribution in [0, 0.1) is 0 Å². The average molecular weight is 643 g/mol. The summed E-state index contributed by atoms with van der Waals surface area (Å²) >= 11 is 0. The lowest BCUT2D eigenvalue weighted by Gasteiger charge is -2.20. The molecule has 0 saturated carbocycles. The molecule has 46 heavy (non-hydrogen) atoms. The second-order valence-corrected chi connectivity index (χ2v) is 11.3. The first kappa shape index (κ1) is 36.5. The van der Waals surface area contributed by atoms with Crippen LogP contribution in [0.25, 0.3) is 11.4 Å². The Bertz CT molecular complexity index is 1310. The minimum atomic E-state index is -4.65. The van der Waals surface area contributed by atoms with Crippen molar-refractivity contribution in [2.45, 2.75) is 110 Å². The smallest absolute Gasteiger partial charge is 0.425 e. The fourth-order valence-corrected chi connectivity index (χ4v) is 4.78. The summed E-state index contributed by atoms with van der Waals surface area (Å²) in [5.74, 6) is -0.524. The van der Waals surface area contributed by atoms with E-state index in [-0.39, 0.29) is 23.3 Å². The van der Waals surface area contributed by atoms with E-state index in [1.807, 2.05) is 31.2 Å². The minimum Gasteiger partial charge on any atom is -0.494 e. The summed E-state index contributed by atoms with van der Waals surface area (Å²) in [5, 5.41) is 0. The van der Waals surface area contributed by atoms with Crippen LogP contribution in [-0.2, 0) is 4.74 Å². The zero-order chi connectivity index (χ0) is 33.2. The van der Waals surface area contributed by atoms with Crippen molar-refractivity contribution in [1.29, 1.82) is 0 Å². The van der Waals surface area contributed by atoms with Crippen molar-refractivity contribution in [3.8, 4) is 22.9 Å². The van der Waals surface area contributed by atoms with Gasteiger partial charge in [0, 0.05) is 18.0 Å². The van der Waals surface area contributed by atoms with Crippen molar-refractivity contribution in [2.75, 3.05) is 6.61 Å². The molecule has 0 bridgehead atoms. The summed E-state index contributed by atoms with van der Waals surface area (Å²) in [6.07, 6.45) is 8.17. The van der Waals surface area contributed by atoms with Gasteiger partial charge < -0.3 is 14.2 Å². The van der Waals surface area contributed by atoms with E-state index in [0.717, 1.165) is 37.0 Å². The summed E-state index contributed by atoms with van der Waals surface area (Å²) in [6, 6.07) is 12.6. The largest absolute Gasteiger partial charge is 0.494 e. The molecule has 10 heteroatoms. The molecule has 1 heterocycles. The minimum absolute atomic E-state index is 0.0834. The number of hydrogen-bond acceptors (Lipinski definition) is 7. The van der Waals surface area contributed by atoms with E-state index in [0.29, 0.717) is 25.3 Å². The highest BCUT2D eigenvalue weighted by atomic mass is 19.4. The van der Waals surface area contributed by atoms with Crippen molar-refractivity contribution in [2.24, 2.45) is 0 Å². The first-order valence-electron chi connectivity index (χ1n) is 16.4. The first-order valence-corrected chi connectivity index (χ1v) is 16.4. The molecule has 250 valence electrons. The monoisotopic (exact) mass is 642 g/mol. The Labute approximate surface area is 269 Å². The van der Waals surface area contributed by atoms with Crippen LogP contribution in [0.5, 0.6) is 11.5 Å². The molecule has 0 N–H and O–H groups in total. The quantitative estimate of drug-likeness (QED) is 0.0689. The van der Waals surface area contributed by atoms with Gasteiger partial charge in [-0.15, -0.1) is 0 Å². The van der Waals surface area contributed by atoms with Gasteiger partial charge in [0.05, 0.1) is 17.7 Å². The van der Waals surface area contributed by atoms with Gasteiger partial charge in [0.2, 0.25) is 0 Å². The number of unbranched alkanes of at least 4 members (excludes halogenated alkanes) is 10. The number of nitrogens with zero attached hydrogens (tertiary/aromatic N) is 2. The van der Waals surface area contributed by atoms with Gasteiger partial charge in [0.25, 0.3) is 0 Å². The van der Waals surface area contributed by atoms with Gasteiger partial charge >= 0.3 is 18.1 Å². The van der Waals surface area contributed by atoms with Crippen LogP contribution in [0.15, 0.2) is 60.9 Å². The van der Waals surface area contributed by atoms with E-state index in [1.165, 1.54) is 75.2 Å². The molecule has 3 rings (SSSR count). The van der Waals surface area contributed by atoms with Crippen LogP contribution < -0.4 is 9.47 Å². The molecule has 1 aromatic heterocycles. The van der Waals surface area contributed by atoms with Crippen LogP contribution in [0.3, 0.4) is 0 Å². The third-order valence-corrected chi connectivity index (χ3v) is 7.50. The number of alkyl halides is 3. The third kappa shape index (κ3) is 12.8. The molecule has 1 atom stereocenters. The number of carbonyl (C=O) groups is 2. The molecule has 0 radical (unpaired) electrons. The molecule has 0 saturated heterocycles.